The van der Waals surface area contributed by atoms with E-state index in [0.717, 1.165) is 12.1 Å². The van der Waals surface area contributed by atoms with Gasteiger partial charge in [0.05, 0.1) is 16.6 Å². The fourth-order valence-electron chi connectivity index (χ4n) is 2.17. The molecule has 1 aliphatic heterocycles. The van der Waals surface area contributed by atoms with Crippen LogP contribution in [0.25, 0.3) is 0 Å². The Morgan fingerprint density at radius 2 is 1.83 bits per heavy atom. The Labute approximate surface area is 130 Å². The van der Waals surface area contributed by atoms with Gasteiger partial charge in [-0.25, -0.2) is 0 Å². The molecular weight excluding hydrogens is 339 g/mol. The Morgan fingerprint density at radius 3 is 2.26 bits per heavy atom. The maximum Gasteiger partial charge on any atom is 0.416 e. The minimum atomic E-state index is -4.55. The number of piperidine rings is 1. The van der Waals surface area contributed by atoms with Crippen LogP contribution in [0.5, 0.6) is 0 Å². The molecule has 1 aromatic carbocycles. The van der Waals surface area contributed by atoms with Crippen LogP contribution in [0.1, 0.15) is 18.4 Å². The minimum absolute atomic E-state index is 0.0246. The van der Waals surface area contributed by atoms with E-state index in [-0.39, 0.29) is 24.3 Å². The number of aliphatic carboxylic acids is 1. The summed E-state index contributed by atoms with van der Waals surface area (Å²) >= 11 is 0. The van der Waals surface area contributed by atoms with Crippen LogP contribution in [-0.2, 0) is 25.3 Å². The molecule has 1 heterocycles. The maximum atomic E-state index is 12.5. The number of hydrogen-bond donors (Lipinski definition) is 2. The van der Waals surface area contributed by atoms with Crippen LogP contribution < -0.4 is 5.32 Å². The monoisotopic (exact) mass is 353 g/mol. The summed E-state index contributed by atoms with van der Waals surface area (Å²) in [4.78, 5) is 10.4. The van der Waals surface area contributed by atoms with Gasteiger partial charge in [0.1, 0.15) is 6.04 Å². The van der Waals surface area contributed by atoms with Gasteiger partial charge >= 0.3 is 12.1 Å². The Hall–Kier alpha value is -1.65. The third kappa shape index (κ3) is 4.43. The van der Waals surface area contributed by atoms with Crippen molar-refractivity contribution in [1.29, 1.82) is 0 Å². The summed E-state index contributed by atoms with van der Waals surface area (Å²) in [5.74, 6) is -1.03. The second-order valence-corrected chi connectivity index (χ2v) is 6.64. The van der Waals surface area contributed by atoms with Gasteiger partial charge < -0.3 is 10.4 Å². The van der Waals surface area contributed by atoms with E-state index in [9.17, 15) is 26.4 Å². The lowest BCUT2D eigenvalue weighted by molar-refractivity contribution is -0.140. The van der Waals surface area contributed by atoms with Crippen LogP contribution in [0.15, 0.2) is 29.2 Å². The predicted molar refractivity (Wildman–Crippen MR) is 72.2 cm³/mol. The molecule has 0 spiro atoms. The van der Waals surface area contributed by atoms with E-state index in [1.165, 1.54) is 0 Å². The van der Waals surface area contributed by atoms with Crippen LogP contribution in [0.4, 0.5) is 13.2 Å². The van der Waals surface area contributed by atoms with Crippen molar-refractivity contribution >= 4 is 16.1 Å². The number of nitrogens with one attached hydrogen (secondary N) is 1. The molecule has 128 valence electrons. The molecule has 1 aliphatic rings. The van der Waals surface area contributed by atoms with Crippen LogP contribution in [0, 0.1) is 0 Å². The second kappa shape index (κ2) is 6.46. The highest BCUT2D eigenvalue weighted by atomic mass is 32.2. The molecule has 2 rings (SSSR count). The van der Waals surface area contributed by atoms with Crippen LogP contribution >= 0.6 is 0 Å². The lowest BCUT2D eigenvalue weighted by atomic mass is 10.0. The van der Waals surface area contributed by atoms with Gasteiger partial charge in [0, 0.05) is 6.54 Å². The Kier molecular flexibility index (Phi) is 4.97. The molecule has 1 unspecified atom stereocenters. The number of carboxylic acids is 1. The number of benzene rings is 1. The number of carbonyl (C=O) groups is 1. The van der Waals surface area contributed by atoms with Gasteiger partial charge in [-0.15, -0.1) is 0 Å². The Bertz CT molecular complexity index is 664. The van der Waals surface area contributed by atoms with Crippen molar-refractivity contribution in [2.75, 3.05) is 6.54 Å². The third-order valence-corrected chi connectivity index (χ3v) is 4.78. The van der Waals surface area contributed by atoms with Crippen molar-refractivity contribution in [2.45, 2.75) is 36.1 Å². The first-order valence-electron chi connectivity index (χ1n) is 6.66. The molecular formula is C13H14F3NO5S. The molecule has 0 aromatic heterocycles. The molecule has 2 N–H and O–H groups in total. The van der Waals surface area contributed by atoms with E-state index in [1.54, 1.807) is 0 Å². The number of hydrogen-bond acceptors (Lipinski definition) is 5. The number of rotatable bonds is 4. The van der Waals surface area contributed by atoms with Gasteiger partial charge in [-0.1, -0.05) is 0 Å². The van der Waals surface area contributed by atoms with E-state index in [4.69, 9.17) is 9.29 Å². The van der Waals surface area contributed by atoms with Gasteiger partial charge in [-0.05, 0) is 37.1 Å². The van der Waals surface area contributed by atoms with Gasteiger partial charge in [-0.3, -0.25) is 8.98 Å². The van der Waals surface area contributed by atoms with Gasteiger partial charge in [0.15, 0.2) is 0 Å². The first-order valence-corrected chi connectivity index (χ1v) is 8.07. The van der Waals surface area contributed by atoms with Gasteiger partial charge in [0.25, 0.3) is 10.1 Å². The SMILES string of the molecule is O=C(O)C1CC[C@H](OS(=O)(=O)c2ccc(C(F)(F)F)cc2)CN1. The summed E-state index contributed by atoms with van der Waals surface area (Å²) < 4.78 is 66.4. The first kappa shape index (κ1) is 17.7. The lowest BCUT2D eigenvalue weighted by Crippen LogP contribution is -2.47. The molecule has 10 heteroatoms. The van der Waals surface area contributed by atoms with Crippen molar-refractivity contribution in [2.24, 2.45) is 0 Å². The largest absolute Gasteiger partial charge is 0.480 e. The quantitative estimate of drug-likeness (QED) is 0.799. The van der Waals surface area contributed by atoms with E-state index in [1.807, 2.05) is 0 Å². The zero-order chi connectivity index (χ0) is 17.3. The summed E-state index contributed by atoms with van der Waals surface area (Å²) in [7, 11) is -4.21. The second-order valence-electron chi connectivity index (χ2n) is 5.07. The van der Waals surface area contributed by atoms with Crippen LogP contribution in [-0.4, -0.2) is 38.2 Å². The minimum Gasteiger partial charge on any atom is -0.480 e. The normalized spacial score (nSPS) is 22.7. The summed E-state index contributed by atoms with van der Waals surface area (Å²) in [6, 6.07) is 2.22. The summed E-state index contributed by atoms with van der Waals surface area (Å²) in [6.45, 7) is 0.0246. The Morgan fingerprint density at radius 1 is 1.22 bits per heavy atom. The standard InChI is InChI=1S/C13H14F3NO5S/c14-13(15,16)8-1-4-10(5-2-8)23(20,21)22-9-3-6-11(12(18)19)17-7-9/h1-2,4-5,9,11,17H,3,6-7H2,(H,18,19)/t9-,11?/m0/s1. The topological polar surface area (TPSA) is 92.7 Å². The molecule has 0 radical (unpaired) electrons. The van der Waals surface area contributed by atoms with Crippen molar-refractivity contribution in [3.05, 3.63) is 29.8 Å². The molecule has 23 heavy (non-hydrogen) atoms. The van der Waals surface area contributed by atoms with E-state index >= 15 is 0 Å². The highest BCUT2D eigenvalue weighted by molar-refractivity contribution is 7.86. The van der Waals surface area contributed by atoms with Gasteiger partial charge in [0.2, 0.25) is 0 Å². The first-order chi connectivity index (χ1) is 10.6. The molecule has 6 nitrogen and oxygen atoms in total. The van der Waals surface area contributed by atoms with E-state index in [0.29, 0.717) is 12.1 Å². The third-order valence-electron chi connectivity index (χ3n) is 3.40. The average molecular weight is 353 g/mol. The van der Waals surface area contributed by atoms with Crippen LogP contribution in [0.2, 0.25) is 0 Å². The summed E-state index contributed by atoms with van der Waals surface area (Å²) in [5.41, 5.74) is -0.958. The predicted octanol–water partition coefficient (Wildman–Crippen LogP) is 1.62. The molecule has 1 aromatic rings. The lowest BCUT2D eigenvalue weighted by Gasteiger charge is -2.26. The molecule has 1 saturated heterocycles. The van der Waals surface area contributed by atoms with Gasteiger partial charge in [-0.2, -0.15) is 21.6 Å². The van der Waals surface area contributed by atoms with Crippen molar-refractivity contribution < 1.29 is 35.7 Å². The number of carboxylic acid groups (broad SMARTS) is 1. The number of halogens is 3. The Balaban J connectivity index is 2.04. The van der Waals surface area contributed by atoms with Crippen LogP contribution in [0.3, 0.4) is 0 Å². The van der Waals surface area contributed by atoms with E-state index in [2.05, 4.69) is 5.32 Å². The summed E-state index contributed by atoms with van der Waals surface area (Å²) in [6.07, 6.45) is -4.91. The van der Waals surface area contributed by atoms with Crippen molar-refractivity contribution in [1.82, 2.24) is 5.32 Å². The molecule has 0 amide bonds. The highest BCUT2D eigenvalue weighted by Gasteiger charge is 2.32. The maximum absolute atomic E-state index is 12.5. The fourth-order valence-corrected chi connectivity index (χ4v) is 3.27. The molecule has 2 atom stereocenters. The fraction of sp³-hybridized carbons (Fsp3) is 0.462. The van der Waals surface area contributed by atoms with E-state index < -0.39 is 40.0 Å². The summed E-state index contributed by atoms with van der Waals surface area (Å²) in [5, 5.41) is 11.4. The molecule has 1 fully saturated rings. The van der Waals surface area contributed by atoms with Crippen molar-refractivity contribution in [3.63, 3.8) is 0 Å². The van der Waals surface area contributed by atoms with Crippen molar-refractivity contribution in [3.8, 4) is 0 Å². The smallest absolute Gasteiger partial charge is 0.416 e. The molecule has 0 bridgehead atoms. The zero-order valence-electron chi connectivity index (χ0n) is 11.7. The molecule has 0 aliphatic carbocycles. The highest BCUT2D eigenvalue weighted by Crippen LogP contribution is 2.30. The zero-order valence-corrected chi connectivity index (χ0v) is 12.5. The average Bonchev–Trinajstić information content (AvgIpc) is 2.46. The molecule has 0 saturated carbocycles. The number of alkyl halides is 3.